The highest BCUT2D eigenvalue weighted by Gasteiger charge is 2.21. The molecule has 1 amide bonds. The summed E-state index contributed by atoms with van der Waals surface area (Å²) >= 11 is 1.72. The van der Waals surface area contributed by atoms with Crippen LogP contribution in [0.3, 0.4) is 0 Å². The van der Waals surface area contributed by atoms with Gasteiger partial charge in [0.15, 0.2) is 5.69 Å². The van der Waals surface area contributed by atoms with Crippen LogP contribution in [0.25, 0.3) is 0 Å². The Bertz CT molecular complexity index is 559. The maximum atomic E-state index is 12.1. The molecule has 0 bridgehead atoms. The number of amides is 1. The molecule has 1 aliphatic carbocycles. The van der Waals surface area contributed by atoms with Gasteiger partial charge in [-0.3, -0.25) is 9.89 Å². The van der Waals surface area contributed by atoms with Crippen LogP contribution >= 0.6 is 11.3 Å². The van der Waals surface area contributed by atoms with Gasteiger partial charge in [0, 0.05) is 22.7 Å². The molecule has 4 nitrogen and oxygen atoms in total. The van der Waals surface area contributed by atoms with Crippen molar-refractivity contribution in [3.63, 3.8) is 0 Å². The van der Waals surface area contributed by atoms with Crippen LogP contribution in [0.1, 0.15) is 39.5 Å². The number of thiophene rings is 1. The molecule has 0 aliphatic heterocycles. The minimum Gasteiger partial charge on any atom is -0.350 e. The number of fused-ring (bicyclic) bond motifs is 1. The lowest BCUT2D eigenvalue weighted by Crippen LogP contribution is -2.27. The summed E-state index contributed by atoms with van der Waals surface area (Å²) in [6.45, 7) is 0.668. The Morgan fingerprint density at radius 3 is 3.16 bits per heavy atom. The molecule has 0 saturated carbocycles. The first-order chi connectivity index (χ1) is 9.34. The Labute approximate surface area is 116 Å². The highest BCUT2D eigenvalue weighted by molar-refractivity contribution is 7.09. The van der Waals surface area contributed by atoms with Crippen molar-refractivity contribution >= 4 is 17.2 Å². The zero-order valence-corrected chi connectivity index (χ0v) is 11.6. The van der Waals surface area contributed by atoms with Crippen molar-refractivity contribution in [1.29, 1.82) is 0 Å². The van der Waals surface area contributed by atoms with Gasteiger partial charge in [-0.25, -0.2) is 0 Å². The summed E-state index contributed by atoms with van der Waals surface area (Å²) in [5.41, 5.74) is 2.87. The second kappa shape index (κ2) is 5.57. The van der Waals surface area contributed by atoms with Crippen molar-refractivity contribution in [3.05, 3.63) is 39.3 Å². The monoisotopic (exact) mass is 275 g/mol. The fourth-order valence-electron chi connectivity index (χ4n) is 2.51. The van der Waals surface area contributed by atoms with Gasteiger partial charge in [-0.05, 0) is 43.6 Å². The number of hydrogen-bond donors (Lipinski definition) is 2. The molecule has 100 valence electrons. The van der Waals surface area contributed by atoms with Crippen molar-refractivity contribution < 1.29 is 4.79 Å². The highest BCUT2D eigenvalue weighted by Crippen LogP contribution is 2.21. The Morgan fingerprint density at radius 1 is 1.42 bits per heavy atom. The Hall–Kier alpha value is -1.62. The summed E-state index contributed by atoms with van der Waals surface area (Å²) in [7, 11) is 0. The van der Waals surface area contributed by atoms with Crippen molar-refractivity contribution in [2.45, 2.75) is 32.1 Å². The number of nitrogens with zero attached hydrogens (tertiary/aromatic N) is 1. The zero-order chi connectivity index (χ0) is 13.1. The predicted molar refractivity (Wildman–Crippen MR) is 75.6 cm³/mol. The van der Waals surface area contributed by atoms with E-state index in [-0.39, 0.29) is 5.91 Å². The molecule has 2 aromatic rings. The van der Waals surface area contributed by atoms with Crippen LogP contribution in [0.4, 0.5) is 0 Å². The summed E-state index contributed by atoms with van der Waals surface area (Å²) in [5, 5.41) is 12.2. The van der Waals surface area contributed by atoms with E-state index >= 15 is 0 Å². The van der Waals surface area contributed by atoms with E-state index in [9.17, 15) is 4.79 Å². The lowest BCUT2D eigenvalue weighted by molar-refractivity contribution is 0.0948. The molecule has 5 heteroatoms. The van der Waals surface area contributed by atoms with Crippen LogP contribution in [0.2, 0.25) is 0 Å². The van der Waals surface area contributed by atoms with E-state index in [1.807, 2.05) is 6.07 Å². The van der Waals surface area contributed by atoms with E-state index in [1.54, 1.807) is 11.3 Å². The molecule has 2 N–H and O–H groups in total. The first kappa shape index (κ1) is 12.4. The molecule has 19 heavy (non-hydrogen) atoms. The number of aryl methyl sites for hydroxylation is 1. The molecule has 0 radical (unpaired) electrons. The molecule has 2 aromatic heterocycles. The molecular weight excluding hydrogens is 258 g/mol. The second-order valence-electron chi connectivity index (χ2n) is 4.82. The van der Waals surface area contributed by atoms with Crippen molar-refractivity contribution in [2.75, 3.05) is 6.54 Å². The minimum absolute atomic E-state index is 0.0454. The lowest BCUT2D eigenvalue weighted by atomic mass is 9.96. The molecule has 0 atom stereocenters. The van der Waals surface area contributed by atoms with Crippen molar-refractivity contribution in [3.8, 4) is 0 Å². The van der Waals surface area contributed by atoms with Crippen LogP contribution in [0.5, 0.6) is 0 Å². The average Bonchev–Trinajstić information content (AvgIpc) is 3.07. The van der Waals surface area contributed by atoms with Gasteiger partial charge in [-0.1, -0.05) is 6.07 Å². The summed E-state index contributed by atoms with van der Waals surface area (Å²) in [6.07, 6.45) is 5.22. The number of carbonyl (C=O) groups excluding carboxylic acids is 1. The number of carbonyl (C=O) groups is 1. The van der Waals surface area contributed by atoms with Gasteiger partial charge in [-0.2, -0.15) is 5.10 Å². The van der Waals surface area contributed by atoms with Crippen LogP contribution in [0, 0.1) is 0 Å². The van der Waals surface area contributed by atoms with Gasteiger partial charge in [0.05, 0.1) is 0 Å². The first-order valence-electron chi connectivity index (χ1n) is 6.71. The summed E-state index contributed by atoms with van der Waals surface area (Å²) < 4.78 is 0. The Morgan fingerprint density at radius 2 is 2.32 bits per heavy atom. The number of nitrogens with one attached hydrogen (secondary N) is 2. The van der Waals surface area contributed by atoms with Crippen molar-refractivity contribution in [1.82, 2.24) is 15.5 Å². The first-order valence-corrected chi connectivity index (χ1v) is 7.59. The fourth-order valence-corrected chi connectivity index (χ4v) is 3.22. The van der Waals surface area contributed by atoms with E-state index in [0.29, 0.717) is 12.2 Å². The molecular formula is C14H17N3OS. The molecule has 0 saturated heterocycles. The van der Waals surface area contributed by atoms with Gasteiger partial charge in [0.1, 0.15) is 0 Å². The van der Waals surface area contributed by atoms with Crippen LogP contribution < -0.4 is 5.32 Å². The van der Waals surface area contributed by atoms with E-state index in [1.165, 1.54) is 11.3 Å². The quantitative estimate of drug-likeness (QED) is 0.899. The Balaban J connectivity index is 1.59. The van der Waals surface area contributed by atoms with E-state index < -0.39 is 0 Å². The number of aromatic nitrogens is 2. The number of H-pyrrole nitrogens is 1. The fraction of sp³-hybridized carbons (Fsp3) is 0.429. The highest BCUT2D eigenvalue weighted by atomic mass is 32.1. The van der Waals surface area contributed by atoms with Gasteiger partial charge >= 0.3 is 0 Å². The number of rotatable bonds is 4. The molecule has 0 unspecified atom stereocenters. The molecule has 3 rings (SSSR count). The normalized spacial score (nSPS) is 14.1. The van der Waals surface area contributed by atoms with E-state index in [2.05, 4.69) is 27.0 Å². The molecule has 2 heterocycles. The molecule has 1 aliphatic rings. The lowest BCUT2D eigenvalue weighted by Gasteiger charge is -2.11. The van der Waals surface area contributed by atoms with E-state index in [0.717, 1.165) is 36.9 Å². The van der Waals surface area contributed by atoms with Gasteiger partial charge in [-0.15, -0.1) is 11.3 Å². The third-order valence-corrected chi connectivity index (χ3v) is 4.44. The SMILES string of the molecule is O=C(NCCc1cccs1)c1n[nH]c2c1CCCC2. The third-order valence-electron chi connectivity index (χ3n) is 3.51. The maximum Gasteiger partial charge on any atom is 0.272 e. The summed E-state index contributed by atoms with van der Waals surface area (Å²) in [4.78, 5) is 13.4. The largest absolute Gasteiger partial charge is 0.350 e. The summed E-state index contributed by atoms with van der Waals surface area (Å²) in [5.74, 6) is -0.0454. The smallest absolute Gasteiger partial charge is 0.272 e. The van der Waals surface area contributed by atoms with Gasteiger partial charge in [0.2, 0.25) is 0 Å². The zero-order valence-electron chi connectivity index (χ0n) is 10.7. The molecule has 0 aromatic carbocycles. The third kappa shape index (κ3) is 2.71. The minimum atomic E-state index is -0.0454. The van der Waals surface area contributed by atoms with Gasteiger partial charge in [0.25, 0.3) is 5.91 Å². The number of aromatic amines is 1. The summed E-state index contributed by atoms with van der Waals surface area (Å²) in [6, 6.07) is 4.12. The molecule has 0 fully saturated rings. The van der Waals surface area contributed by atoms with Crippen LogP contribution in [-0.2, 0) is 19.3 Å². The second-order valence-corrected chi connectivity index (χ2v) is 5.85. The predicted octanol–water partition coefficient (Wildman–Crippen LogP) is 2.32. The van der Waals surface area contributed by atoms with Crippen molar-refractivity contribution in [2.24, 2.45) is 0 Å². The molecule has 0 spiro atoms. The average molecular weight is 275 g/mol. The topological polar surface area (TPSA) is 57.8 Å². The van der Waals surface area contributed by atoms with Crippen LogP contribution in [0.15, 0.2) is 17.5 Å². The van der Waals surface area contributed by atoms with Gasteiger partial charge < -0.3 is 5.32 Å². The van der Waals surface area contributed by atoms with E-state index in [4.69, 9.17) is 0 Å². The van der Waals surface area contributed by atoms with Crippen LogP contribution in [-0.4, -0.2) is 22.6 Å². The number of hydrogen-bond acceptors (Lipinski definition) is 3. The Kier molecular flexibility index (Phi) is 3.64. The standard InChI is InChI=1S/C14H17N3OS/c18-14(15-8-7-10-4-3-9-19-10)13-11-5-1-2-6-12(11)16-17-13/h3-4,9H,1-2,5-8H2,(H,15,18)(H,16,17). The maximum absolute atomic E-state index is 12.1.